The third-order valence-electron chi connectivity index (χ3n) is 3.96. The second-order valence-corrected chi connectivity index (χ2v) is 5.33. The maximum absolute atomic E-state index is 11.3. The molecule has 7 nitrogen and oxygen atoms in total. The van der Waals surface area contributed by atoms with Crippen LogP contribution >= 0.6 is 0 Å². The molecule has 1 aromatic carbocycles. The lowest BCUT2D eigenvalue weighted by molar-refractivity contribution is -0.384. The number of hydrogen-bond acceptors (Lipinski definition) is 6. The average molecular weight is 289 g/mol. The summed E-state index contributed by atoms with van der Waals surface area (Å²) in [7, 11) is 0. The highest BCUT2D eigenvalue weighted by atomic mass is 16.6. The molecule has 0 aliphatic carbocycles. The van der Waals surface area contributed by atoms with Crippen molar-refractivity contribution < 1.29 is 14.4 Å². The van der Waals surface area contributed by atoms with E-state index in [4.69, 9.17) is 14.7 Å². The van der Waals surface area contributed by atoms with E-state index in [2.05, 4.69) is 0 Å². The number of morpholine rings is 1. The fourth-order valence-electron chi connectivity index (χ4n) is 2.88. The molecule has 2 aliphatic heterocycles. The Morgan fingerprint density at radius 2 is 2.29 bits per heavy atom. The van der Waals surface area contributed by atoms with Gasteiger partial charge < -0.3 is 14.4 Å². The Kier molecular flexibility index (Phi) is 3.49. The molecule has 1 atom stereocenters. The van der Waals surface area contributed by atoms with Crippen LogP contribution in [0.5, 0.6) is 0 Å². The van der Waals surface area contributed by atoms with E-state index in [1.165, 1.54) is 6.07 Å². The van der Waals surface area contributed by atoms with Gasteiger partial charge in [0.2, 0.25) is 0 Å². The van der Waals surface area contributed by atoms with Gasteiger partial charge in [0.05, 0.1) is 29.8 Å². The molecule has 1 aromatic rings. The third kappa shape index (κ3) is 2.55. The number of nitrogens with zero attached hydrogens (tertiary/aromatic N) is 3. The van der Waals surface area contributed by atoms with E-state index >= 15 is 0 Å². The summed E-state index contributed by atoms with van der Waals surface area (Å²) in [4.78, 5) is 12.8. The maximum atomic E-state index is 11.3. The molecule has 2 heterocycles. The molecule has 2 fully saturated rings. The van der Waals surface area contributed by atoms with Gasteiger partial charge in [-0.05, 0) is 12.1 Å². The molecule has 7 heteroatoms. The van der Waals surface area contributed by atoms with Crippen LogP contribution in [0.3, 0.4) is 0 Å². The average Bonchev–Trinajstić information content (AvgIpc) is 2.94. The minimum absolute atomic E-state index is 0.0370. The summed E-state index contributed by atoms with van der Waals surface area (Å²) in [6, 6.07) is 6.51. The van der Waals surface area contributed by atoms with Crippen LogP contribution in [0.15, 0.2) is 18.2 Å². The lowest BCUT2D eigenvalue weighted by Crippen LogP contribution is -2.52. The van der Waals surface area contributed by atoms with Crippen molar-refractivity contribution in [1.82, 2.24) is 0 Å². The van der Waals surface area contributed by atoms with E-state index in [0.29, 0.717) is 38.6 Å². The first kappa shape index (κ1) is 13.8. The summed E-state index contributed by atoms with van der Waals surface area (Å²) < 4.78 is 11.2. The molecule has 0 aromatic heterocycles. The smallest absolute Gasteiger partial charge is 0.293 e. The predicted molar refractivity (Wildman–Crippen MR) is 74.1 cm³/mol. The van der Waals surface area contributed by atoms with Crippen molar-refractivity contribution in [2.24, 2.45) is 0 Å². The molecule has 21 heavy (non-hydrogen) atoms. The fourth-order valence-corrected chi connectivity index (χ4v) is 2.88. The SMILES string of the molecule is N#Cc1ccc(N2CCOC3(CCOC3)C2)c([N+](=O)[O-])c1. The van der Waals surface area contributed by atoms with Crippen LogP contribution in [0.1, 0.15) is 12.0 Å². The minimum Gasteiger partial charge on any atom is -0.378 e. The van der Waals surface area contributed by atoms with Gasteiger partial charge in [-0.2, -0.15) is 5.26 Å². The zero-order valence-corrected chi connectivity index (χ0v) is 11.4. The summed E-state index contributed by atoms with van der Waals surface area (Å²) in [5.41, 5.74) is 0.427. The van der Waals surface area contributed by atoms with Crippen molar-refractivity contribution in [3.63, 3.8) is 0 Å². The fraction of sp³-hybridized carbons (Fsp3) is 0.500. The molecule has 1 unspecified atom stereocenters. The van der Waals surface area contributed by atoms with Crippen LogP contribution < -0.4 is 4.90 Å². The van der Waals surface area contributed by atoms with Gasteiger partial charge in [0.15, 0.2) is 0 Å². The minimum atomic E-state index is -0.441. The highest BCUT2D eigenvalue weighted by Gasteiger charge is 2.41. The quantitative estimate of drug-likeness (QED) is 0.605. The van der Waals surface area contributed by atoms with Crippen molar-refractivity contribution in [2.45, 2.75) is 12.0 Å². The molecule has 2 saturated heterocycles. The Morgan fingerprint density at radius 3 is 2.95 bits per heavy atom. The van der Waals surface area contributed by atoms with E-state index in [0.717, 1.165) is 6.42 Å². The highest BCUT2D eigenvalue weighted by Crippen LogP contribution is 2.34. The number of benzene rings is 1. The lowest BCUT2D eigenvalue weighted by atomic mass is 10.00. The van der Waals surface area contributed by atoms with E-state index in [1.807, 2.05) is 11.0 Å². The van der Waals surface area contributed by atoms with Crippen LogP contribution in [-0.2, 0) is 9.47 Å². The van der Waals surface area contributed by atoms with Crippen molar-refractivity contribution >= 4 is 11.4 Å². The van der Waals surface area contributed by atoms with E-state index < -0.39 is 4.92 Å². The van der Waals surface area contributed by atoms with Gasteiger partial charge in [0, 0.05) is 32.2 Å². The molecule has 0 N–H and O–H groups in total. The van der Waals surface area contributed by atoms with Gasteiger partial charge in [-0.3, -0.25) is 10.1 Å². The predicted octanol–water partition coefficient (Wildman–Crippen LogP) is 1.46. The Hall–Kier alpha value is -2.17. The van der Waals surface area contributed by atoms with Gasteiger partial charge in [0.25, 0.3) is 5.69 Å². The number of anilines is 1. The zero-order chi connectivity index (χ0) is 14.9. The first-order valence-corrected chi connectivity index (χ1v) is 6.79. The number of nitriles is 1. The normalized spacial score (nSPS) is 25.0. The van der Waals surface area contributed by atoms with Crippen molar-refractivity contribution in [3.05, 3.63) is 33.9 Å². The molecular formula is C14H15N3O4. The largest absolute Gasteiger partial charge is 0.378 e. The van der Waals surface area contributed by atoms with Gasteiger partial charge in [-0.15, -0.1) is 0 Å². The van der Waals surface area contributed by atoms with E-state index in [1.54, 1.807) is 12.1 Å². The Morgan fingerprint density at radius 1 is 1.43 bits per heavy atom. The second kappa shape index (κ2) is 5.31. The van der Waals surface area contributed by atoms with Crippen LogP contribution in [-0.4, -0.2) is 43.4 Å². The molecule has 2 aliphatic rings. The summed E-state index contributed by atoms with van der Waals surface area (Å²) in [6.07, 6.45) is 0.799. The Labute approximate surface area is 121 Å². The first-order valence-electron chi connectivity index (χ1n) is 6.79. The van der Waals surface area contributed by atoms with Crippen LogP contribution in [0.25, 0.3) is 0 Å². The Bertz CT molecular complexity index is 605. The molecule has 1 spiro atoms. The topological polar surface area (TPSA) is 88.6 Å². The van der Waals surface area contributed by atoms with Crippen LogP contribution in [0, 0.1) is 21.4 Å². The lowest BCUT2D eigenvalue weighted by Gasteiger charge is -2.40. The highest BCUT2D eigenvalue weighted by molar-refractivity contribution is 5.66. The molecule has 0 saturated carbocycles. The summed E-state index contributed by atoms with van der Waals surface area (Å²) in [5.74, 6) is 0. The monoisotopic (exact) mass is 289 g/mol. The van der Waals surface area contributed by atoms with Gasteiger partial charge >= 0.3 is 0 Å². The summed E-state index contributed by atoms with van der Waals surface area (Å²) in [5, 5.41) is 20.1. The third-order valence-corrected chi connectivity index (χ3v) is 3.96. The van der Waals surface area contributed by atoms with Gasteiger partial charge in [0.1, 0.15) is 11.3 Å². The number of hydrogen-bond donors (Lipinski definition) is 0. The van der Waals surface area contributed by atoms with Crippen LogP contribution in [0.2, 0.25) is 0 Å². The van der Waals surface area contributed by atoms with Gasteiger partial charge in [-0.25, -0.2) is 0 Å². The van der Waals surface area contributed by atoms with E-state index in [-0.39, 0.29) is 16.9 Å². The maximum Gasteiger partial charge on any atom is 0.293 e. The van der Waals surface area contributed by atoms with E-state index in [9.17, 15) is 10.1 Å². The zero-order valence-electron chi connectivity index (χ0n) is 11.4. The summed E-state index contributed by atoms with van der Waals surface area (Å²) in [6.45, 7) is 2.85. The molecule has 3 rings (SSSR count). The molecular weight excluding hydrogens is 274 g/mol. The molecule has 110 valence electrons. The van der Waals surface area contributed by atoms with Crippen molar-refractivity contribution in [3.8, 4) is 6.07 Å². The van der Waals surface area contributed by atoms with Crippen molar-refractivity contribution in [1.29, 1.82) is 5.26 Å². The van der Waals surface area contributed by atoms with Gasteiger partial charge in [-0.1, -0.05) is 0 Å². The molecule has 0 bridgehead atoms. The number of rotatable bonds is 2. The Balaban J connectivity index is 1.92. The van der Waals surface area contributed by atoms with Crippen LogP contribution in [0.4, 0.5) is 11.4 Å². The second-order valence-electron chi connectivity index (χ2n) is 5.33. The number of ether oxygens (including phenoxy) is 2. The number of nitro groups is 1. The van der Waals surface area contributed by atoms with Crippen molar-refractivity contribution in [2.75, 3.05) is 37.8 Å². The first-order chi connectivity index (χ1) is 10.1. The number of nitro benzene ring substituents is 1. The summed E-state index contributed by atoms with van der Waals surface area (Å²) >= 11 is 0. The molecule has 0 amide bonds. The standard InChI is InChI=1S/C14H15N3O4/c15-8-11-1-2-12(13(7-11)17(18)19)16-4-6-21-14(9-16)3-5-20-10-14/h1-2,7H,3-6,9-10H2. The molecule has 0 radical (unpaired) electrons.